The van der Waals surface area contributed by atoms with Crippen molar-refractivity contribution in [2.75, 3.05) is 0 Å². The fourth-order valence-corrected chi connectivity index (χ4v) is 10.1. The molecule has 4 aliphatic rings. The number of amides is 1. The van der Waals surface area contributed by atoms with Crippen molar-refractivity contribution in [2.24, 2.45) is 38.9 Å². The first kappa shape index (κ1) is 35.8. The van der Waals surface area contributed by atoms with Gasteiger partial charge in [0.15, 0.2) is 11.6 Å². The maximum Gasteiger partial charge on any atom is 0.262 e. The van der Waals surface area contributed by atoms with Gasteiger partial charge in [0, 0.05) is 27.3 Å². The van der Waals surface area contributed by atoms with Crippen molar-refractivity contribution < 1.29 is 14.4 Å². The number of ketones is 2. The van der Waals surface area contributed by atoms with Gasteiger partial charge in [-0.1, -0.05) is 83.8 Å². The van der Waals surface area contributed by atoms with E-state index in [4.69, 9.17) is 11.6 Å². The lowest BCUT2D eigenvalue weighted by atomic mass is 9.38. The molecule has 0 heterocycles. The molecule has 1 N–H and O–H groups in total. The molecule has 254 valence electrons. The van der Waals surface area contributed by atoms with E-state index in [0.29, 0.717) is 17.9 Å². The van der Waals surface area contributed by atoms with Crippen LogP contribution in [0.2, 0.25) is 5.02 Å². The standard InChI is InChI=1S/C41H50ClN3O3/c1-36(2)15-13-30-31(46)22-33-39(6)23-28(25-44)34(47)37(3,4)32(39)14-16-41(33,8)40(30,7)20-19-38(5,18-17-36)45-35(48)27(24-43)21-26-9-11-29(42)12-10-26/h9-12,21-23,30,32H,13-20H2,1-8H3,(H,45,48)/b27-21+/t30-,32-,38-,39-,40+,41+/m0/s1. The third-order valence-corrected chi connectivity index (χ3v) is 13.6. The first-order valence-corrected chi connectivity index (χ1v) is 17.8. The van der Waals surface area contributed by atoms with E-state index < -0.39 is 27.7 Å². The molecule has 0 unspecified atom stereocenters. The molecule has 1 aromatic carbocycles. The molecule has 1 aromatic rings. The lowest BCUT2D eigenvalue weighted by molar-refractivity contribution is -0.139. The number of carbonyl (C=O) groups excluding carboxylic acids is 3. The largest absolute Gasteiger partial charge is 0.346 e. The summed E-state index contributed by atoms with van der Waals surface area (Å²) in [6.07, 6.45) is 11.6. The Labute approximate surface area is 291 Å². The molecule has 5 rings (SSSR count). The van der Waals surface area contributed by atoms with Gasteiger partial charge >= 0.3 is 0 Å². The Morgan fingerprint density at radius 1 is 0.896 bits per heavy atom. The summed E-state index contributed by atoms with van der Waals surface area (Å²) in [6, 6.07) is 11.3. The minimum Gasteiger partial charge on any atom is -0.346 e. The normalized spacial score (nSPS) is 36.1. The van der Waals surface area contributed by atoms with Crippen LogP contribution >= 0.6 is 11.6 Å². The van der Waals surface area contributed by atoms with Crippen LogP contribution in [0.15, 0.2) is 53.1 Å². The maximum absolute atomic E-state index is 14.4. The Hall–Kier alpha value is -3.48. The number of nitrogens with one attached hydrogen (secondary N) is 1. The van der Waals surface area contributed by atoms with Gasteiger partial charge in [-0.05, 0) is 110 Å². The molecule has 48 heavy (non-hydrogen) atoms. The third kappa shape index (κ3) is 5.89. The minimum atomic E-state index is -0.723. The summed E-state index contributed by atoms with van der Waals surface area (Å²) in [5, 5.41) is 23.9. The fourth-order valence-electron chi connectivity index (χ4n) is 9.93. The molecule has 2 fully saturated rings. The molecule has 2 saturated carbocycles. The Morgan fingerprint density at radius 2 is 1.54 bits per heavy atom. The van der Waals surface area contributed by atoms with Crippen LogP contribution in [-0.2, 0) is 14.4 Å². The molecule has 0 radical (unpaired) electrons. The van der Waals surface area contributed by atoms with Crippen LogP contribution in [0, 0.1) is 61.6 Å². The number of nitriles is 2. The van der Waals surface area contributed by atoms with Crippen molar-refractivity contribution in [3.63, 3.8) is 0 Å². The molecule has 6 nitrogen and oxygen atoms in total. The van der Waals surface area contributed by atoms with E-state index in [1.165, 1.54) is 0 Å². The van der Waals surface area contributed by atoms with Gasteiger partial charge in [-0.15, -0.1) is 0 Å². The summed E-state index contributed by atoms with van der Waals surface area (Å²) in [6.45, 7) is 17.2. The number of allylic oxidation sites excluding steroid dienone is 4. The summed E-state index contributed by atoms with van der Waals surface area (Å²) in [5.41, 5.74) is -0.844. The van der Waals surface area contributed by atoms with Gasteiger partial charge < -0.3 is 5.32 Å². The van der Waals surface area contributed by atoms with E-state index in [2.05, 4.69) is 59.0 Å². The Bertz CT molecular complexity index is 1720. The van der Waals surface area contributed by atoms with Crippen molar-refractivity contribution in [1.82, 2.24) is 5.32 Å². The highest BCUT2D eigenvalue weighted by molar-refractivity contribution is 6.30. The average molecular weight is 668 g/mol. The van der Waals surface area contributed by atoms with E-state index in [-0.39, 0.29) is 45.4 Å². The van der Waals surface area contributed by atoms with E-state index in [1.54, 1.807) is 30.3 Å². The maximum atomic E-state index is 14.4. The topological polar surface area (TPSA) is 111 Å². The molecule has 0 aliphatic heterocycles. The predicted molar refractivity (Wildman–Crippen MR) is 189 cm³/mol. The van der Waals surface area contributed by atoms with Crippen LogP contribution < -0.4 is 5.32 Å². The van der Waals surface area contributed by atoms with Gasteiger partial charge in [0.2, 0.25) is 0 Å². The Kier molecular flexibility index (Phi) is 9.06. The van der Waals surface area contributed by atoms with Gasteiger partial charge in [-0.2, -0.15) is 10.5 Å². The zero-order valence-electron chi connectivity index (χ0n) is 29.9. The zero-order chi connectivity index (χ0) is 35.5. The third-order valence-electron chi connectivity index (χ3n) is 13.4. The molecule has 0 saturated heterocycles. The van der Waals surface area contributed by atoms with E-state index in [1.807, 2.05) is 26.0 Å². The van der Waals surface area contributed by atoms with Gasteiger partial charge in [0.05, 0.1) is 5.57 Å². The smallest absolute Gasteiger partial charge is 0.262 e. The van der Waals surface area contributed by atoms with Crippen LogP contribution in [0.3, 0.4) is 0 Å². The number of Topliss-reactive ketones (excluding diaryl/α,β-unsaturated/α-hetero) is 1. The van der Waals surface area contributed by atoms with E-state index in [0.717, 1.165) is 49.7 Å². The molecule has 6 atom stereocenters. The van der Waals surface area contributed by atoms with Crippen LogP contribution in [-0.4, -0.2) is 23.0 Å². The molecule has 0 spiro atoms. The summed E-state index contributed by atoms with van der Waals surface area (Å²) >= 11 is 6.04. The molecular formula is C41H50ClN3O3. The second-order valence-electron chi connectivity index (χ2n) is 17.3. The highest BCUT2D eigenvalue weighted by Crippen LogP contribution is 2.70. The zero-order valence-corrected chi connectivity index (χ0v) is 30.6. The van der Waals surface area contributed by atoms with Crippen molar-refractivity contribution in [1.29, 1.82) is 10.5 Å². The van der Waals surface area contributed by atoms with Crippen LogP contribution in [0.1, 0.15) is 112 Å². The lowest BCUT2D eigenvalue weighted by Crippen LogP contribution is -2.60. The Morgan fingerprint density at radius 3 is 2.17 bits per heavy atom. The molecule has 0 aromatic heterocycles. The number of nitrogens with zero attached hydrogens (tertiary/aromatic N) is 2. The predicted octanol–water partition coefficient (Wildman–Crippen LogP) is 9.12. The number of halogens is 1. The number of rotatable bonds is 3. The lowest BCUT2D eigenvalue weighted by Gasteiger charge is -2.65. The fraction of sp³-hybridized carbons (Fsp3) is 0.585. The number of fused-ring (bicyclic) bond motifs is 5. The highest BCUT2D eigenvalue weighted by Gasteiger charge is 2.65. The van der Waals surface area contributed by atoms with Crippen molar-refractivity contribution in [3.05, 3.63) is 63.7 Å². The minimum absolute atomic E-state index is 0.0262. The monoisotopic (exact) mass is 667 g/mol. The van der Waals surface area contributed by atoms with Gasteiger partial charge in [-0.25, -0.2) is 0 Å². The molecule has 1 amide bonds. The molecule has 4 aliphatic carbocycles. The highest BCUT2D eigenvalue weighted by atomic mass is 35.5. The number of hydrogen-bond acceptors (Lipinski definition) is 5. The summed E-state index contributed by atoms with van der Waals surface area (Å²) in [5.74, 6) is -0.609. The van der Waals surface area contributed by atoms with Crippen molar-refractivity contribution >= 4 is 35.2 Å². The van der Waals surface area contributed by atoms with Crippen molar-refractivity contribution in [3.8, 4) is 12.1 Å². The van der Waals surface area contributed by atoms with Gasteiger partial charge in [0.1, 0.15) is 17.7 Å². The second kappa shape index (κ2) is 12.1. The Balaban J connectivity index is 1.55. The molecule has 7 heteroatoms. The molecule has 0 bridgehead atoms. The summed E-state index contributed by atoms with van der Waals surface area (Å²) < 4.78 is 0. The number of hydrogen-bond donors (Lipinski definition) is 1. The molecular weight excluding hydrogens is 618 g/mol. The van der Waals surface area contributed by atoms with E-state index >= 15 is 0 Å². The number of carbonyl (C=O) groups is 3. The van der Waals surface area contributed by atoms with Crippen molar-refractivity contribution in [2.45, 2.75) is 112 Å². The quantitative estimate of drug-likeness (QED) is 0.255. The second-order valence-corrected chi connectivity index (χ2v) is 17.7. The van der Waals surface area contributed by atoms with Crippen LogP contribution in [0.4, 0.5) is 0 Å². The summed E-state index contributed by atoms with van der Waals surface area (Å²) in [7, 11) is 0. The summed E-state index contributed by atoms with van der Waals surface area (Å²) in [4.78, 5) is 41.5. The van der Waals surface area contributed by atoms with E-state index in [9.17, 15) is 24.9 Å². The van der Waals surface area contributed by atoms with Crippen LogP contribution in [0.25, 0.3) is 6.08 Å². The van der Waals surface area contributed by atoms with Crippen LogP contribution in [0.5, 0.6) is 0 Å². The first-order chi connectivity index (χ1) is 22.2. The van der Waals surface area contributed by atoms with Gasteiger partial charge in [0.25, 0.3) is 5.91 Å². The average Bonchev–Trinajstić information content (AvgIpc) is 3.01. The number of benzene rings is 1. The first-order valence-electron chi connectivity index (χ1n) is 17.4. The SMILES string of the molecule is CC1(C)CC[C@H]2C(=O)C=C3[C@@]4(C)C=C(C#N)C(=O)C(C)(C)[C@@H]4CC[C@@]3(C)[C@]2(C)CC[C@@](C)(NC(=O)/C(C#N)=C/c2ccc(Cl)cc2)CC1. The van der Waals surface area contributed by atoms with Gasteiger partial charge in [-0.3, -0.25) is 14.4 Å².